The third-order valence-electron chi connectivity index (χ3n) is 4.50. The van der Waals surface area contributed by atoms with Gasteiger partial charge in [-0.05, 0) is 13.3 Å². The summed E-state index contributed by atoms with van der Waals surface area (Å²) in [4.78, 5) is 0. The van der Waals surface area contributed by atoms with Crippen LogP contribution in [0.25, 0.3) is 0 Å². The molecule has 2 atom stereocenters. The van der Waals surface area contributed by atoms with Crippen molar-refractivity contribution in [3.05, 3.63) is 0 Å². The van der Waals surface area contributed by atoms with Gasteiger partial charge in [0.2, 0.25) is 0 Å². The minimum Gasteiger partial charge on any atom is -0.748 e. The maximum Gasteiger partial charge on any atom is 1.00 e. The van der Waals surface area contributed by atoms with E-state index in [1.807, 2.05) is 0 Å². The minimum absolute atomic E-state index is 0. The standard InChI is InChI=1S/C18H38O4S.Na/c1-3-4-5-6-7-8-9-10-11-12-13-14-15-16-18(17(2)19)23(20,21)22;/h17-19H,3-16H2,1-2H3,(H,20,21,22);/q;+1/p-1. The molecule has 4 nitrogen and oxygen atoms in total. The third kappa shape index (κ3) is 16.3. The number of aliphatic hydroxyl groups excluding tert-OH is 1. The maximum atomic E-state index is 11.0. The molecule has 0 aromatic carbocycles. The fraction of sp³-hybridized carbons (Fsp3) is 1.00. The zero-order valence-corrected chi connectivity index (χ0v) is 19.0. The molecule has 0 bridgehead atoms. The average molecular weight is 373 g/mol. The molecule has 0 aliphatic rings. The van der Waals surface area contributed by atoms with Crippen LogP contribution >= 0.6 is 0 Å². The van der Waals surface area contributed by atoms with Gasteiger partial charge < -0.3 is 9.66 Å². The molecule has 24 heavy (non-hydrogen) atoms. The molecule has 0 amide bonds. The van der Waals surface area contributed by atoms with E-state index >= 15 is 0 Å². The molecule has 0 heterocycles. The predicted molar refractivity (Wildman–Crippen MR) is 95.5 cm³/mol. The summed E-state index contributed by atoms with van der Waals surface area (Å²) in [5.74, 6) is 0. The van der Waals surface area contributed by atoms with Gasteiger partial charge in [-0.2, -0.15) is 0 Å². The van der Waals surface area contributed by atoms with Crippen LogP contribution in [0.5, 0.6) is 0 Å². The van der Waals surface area contributed by atoms with Crippen molar-refractivity contribution in [3.63, 3.8) is 0 Å². The molecular formula is C18H37NaO4S. The number of rotatable bonds is 16. The summed E-state index contributed by atoms with van der Waals surface area (Å²) in [5.41, 5.74) is 0. The Labute approximate surface area is 172 Å². The molecule has 0 aliphatic carbocycles. The van der Waals surface area contributed by atoms with Gasteiger partial charge in [-0.15, -0.1) is 0 Å². The maximum absolute atomic E-state index is 11.0. The van der Waals surface area contributed by atoms with Crippen LogP contribution in [-0.2, 0) is 10.1 Å². The molecule has 0 aliphatic heterocycles. The Morgan fingerprint density at radius 3 is 1.42 bits per heavy atom. The second kappa shape index (κ2) is 17.3. The normalized spacial score (nSPS) is 14.2. The van der Waals surface area contributed by atoms with E-state index in [0.717, 1.165) is 12.8 Å². The quantitative estimate of drug-likeness (QED) is 0.254. The molecule has 1 N–H and O–H groups in total. The molecule has 140 valence electrons. The van der Waals surface area contributed by atoms with Crippen molar-refractivity contribution >= 4 is 10.1 Å². The van der Waals surface area contributed by atoms with Crippen LogP contribution in [0.15, 0.2) is 0 Å². The Balaban J connectivity index is 0. The first-order valence-corrected chi connectivity index (χ1v) is 11.0. The molecule has 6 heteroatoms. The molecule has 0 radical (unpaired) electrons. The van der Waals surface area contributed by atoms with E-state index in [9.17, 15) is 18.1 Å². The van der Waals surface area contributed by atoms with E-state index in [-0.39, 0.29) is 36.0 Å². The summed E-state index contributed by atoms with van der Waals surface area (Å²) in [6.45, 7) is 3.62. The Morgan fingerprint density at radius 2 is 1.12 bits per heavy atom. The first-order valence-electron chi connectivity index (χ1n) is 9.52. The minimum atomic E-state index is -4.38. The van der Waals surface area contributed by atoms with Crippen LogP contribution < -0.4 is 29.6 Å². The van der Waals surface area contributed by atoms with E-state index in [4.69, 9.17) is 0 Å². The van der Waals surface area contributed by atoms with Crippen LogP contribution in [0, 0.1) is 0 Å². The third-order valence-corrected chi connectivity index (χ3v) is 5.87. The van der Waals surface area contributed by atoms with Crippen LogP contribution in [-0.4, -0.2) is 29.4 Å². The van der Waals surface area contributed by atoms with E-state index in [2.05, 4.69) is 6.92 Å². The van der Waals surface area contributed by atoms with Crippen molar-refractivity contribution < 1.29 is 47.6 Å². The van der Waals surface area contributed by atoms with Gasteiger partial charge in [0.05, 0.1) is 11.4 Å². The Morgan fingerprint density at radius 1 is 0.792 bits per heavy atom. The number of hydrogen-bond donors (Lipinski definition) is 1. The summed E-state index contributed by atoms with van der Waals surface area (Å²) in [6, 6.07) is 0. The van der Waals surface area contributed by atoms with Gasteiger partial charge in [0, 0.05) is 0 Å². The SMILES string of the molecule is CCCCCCCCCCCCCCCC(C(C)O)S(=O)(=O)[O-].[Na+]. The summed E-state index contributed by atoms with van der Waals surface area (Å²) >= 11 is 0. The average Bonchev–Trinajstić information content (AvgIpc) is 2.46. The second-order valence-electron chi connectivity index (χ2n) is 6.80. The molecule has 0 saturated carbocycles. The first kappa shape index (κ1) is 27.1. The topological polar surface area (TPSA) is 77.4 Å². The zero-order chi connectivity index (χ0) is 17.6. The van der Waals surface area contributed by atoms with E-state index < -0.39 is 21.5 Å². The van der Waals surface area contributed by atoms with Gasteiger partial charge in [-0.25, -0.2) is 8.42 Å². The van der Waals surface area contributed by atoms with E-state index in [1.54, 1.807) is 0 Å². The van der Waals surface area contributed by atoms with Crippen molar-refractivity contribution in [2.45, 2.75) is 115 Å². The van der Waals surface area contributed by atoms with Crippen LogP contribution in [0.3, 0.4) is 0 Å². The van der Waals surface area contributed by atoms with Crippen molar-refractivity contribution in [2.75, 3.05) is 0 Å². The fourth-order valence-corrected chi connectivity index (χ4v) is 3.93. The largest absolute Gasteiger partial charge is 1.00 e. The van der Waals surface area contributed by atoms with Gasteiger partial charge >= 0.3 is 29.6 Å². The molecule has 0 rings (SSSR count). The van der Waals surface area contributed by atoms with Gasteiger partial charge in [0.25, 0.3) is 0 Å². The van der Waals surface area contributed by atoms with E-state index in [0.29, 0.717) is 6.42 Å². The number of hydrogen-bond acceptors (Lipinski definition) is 4. The van der Waals surface area contributed by atoms with Crippen LogP contribution in [0.1, 0.15) is 104 Å². The monoisotopic (exact) mass is 372 g/mol. The predicted octanol–water partition coefficient (Wildman–Crippen LogP) is 1.77. The summed E-state index contributed by atoms with van der Waals surface area (Å²) in [7, 11) is -4.38. The Kier molecular flexibility index (Phi) is 19.5. The molecule has 0 aromatic rings. The number of unbranched alkanes of at least 4 members (excludes halogenated alkanes) is 12. The van der Waals surface area contributed by atoms with Gasteiger partial charge in [0.1, 0.15) is 10.1 Å². The molecular weight excluding hydrogens is 335 g/mol. The van der Waals surface area contributed by atoms with Gasteiger partial charge in [0.15, 0.2) is 0 Å². The van der Waals surface area contributed by atoms with E-state index in [1.165, 1.54) is 71.1 Å². The zero-order valence-electron chi connectivity index (χ0n) is 16.1. The van der Waals surface area contributed by atoms with Crippen LogP contribution in [0.4, 0.5) is 0 Å². The van der Waals surface area contributed by atoms with Crippen LogP contribution in [0.2, 0.25) is 0 Å². The van der Waals surface area contributed by atoms with Crippen molar-refractivity contribution in [2.24, 2.45) is 0 Å². The Hall–Kier alpha value is 0.870. The summed E-state index contributed by atoms with van der Waals surface area (Å²) in [6.07, 6.45) is 15.1. The molecule has 0 spiro atoms. The molecule has 0 saturated heterocycles. The Bertz CT molecular complexity index is 358. The molecule has 0 aromatic heterocycles. The smallest absolute Gasteiger partial charge is 0.748 e. The summed E-state index contributed by atoms with van der Waals surface area (Å²) in [5, 5.41) is 8.22. The first-order chi connectivity index (χ1) is 10.9. The molecule has 2 unspecified atom stereocenters. The fourth-order valence-electron chi connectivity index (χ4n) is 2.99. The van der Waals surface area contributed by atoms with Gasteiger partial charge in [-0.3, -0.25) is 0 Å². The van der Waals surface area contributed by atoms with Crippen molar-refractivity contribution in [1.82, 2.24) is 0 Å². The van der Waals surface area contributed by atoms with Crippen molar-refractivity contribution in [3.8, 4) is 0 Å². The summed E-state index contributed by atoms with van der Waals surface area (Å²) < 4.78 is 33.0. The molecule has 0 fully saturated rings. The number of aliphatic hydroxyl groups is 1. The second-order valence-corrected chi connectivity index (χ2v) is 8.39. The van der Waals surface area contributed by atoms with Gasteiger partial charge in [-0.1, -0.05) is 90.4 Å². The van der Waals surface area contributed by atoms with Crippen molar-refractivity contribution in [1.29, 1.82) is 0 Å².